The molecule has 6 heteroatoms. The Balaban J connectivity index is 2.02. The van der Waals surface area contributed by atoms with Crippen molar-refractivity contribution in [2.24, 2.45) is 0 Å². The lowest BCUT2D eigenvalue weighted by atomic mass is 10.1. The van der Waals surface area contributed by atoms with Crippen LogP contribution in [0.4, 0.5) is 0 Å². The Morgan fingerprint density at radius 3 is 2.37 bits per heavy atom. The second-order valence-corrected chi connectivity index (χ2v) is 6.12. The van der Waals surface area contributed by atoms with Gasteiger partial charge < -0.3 is 9.84 Å². The van der Waals surface area contributed by atoms with Crippen molar-refractivity contribution in [3.8, 4) is 28.1 Å². The van der Waals surface area contributed by atoms with Gasteiger partial charge in [-0.25, -0.2) is 14.3 Å². The largest absolute Gasteiger partial charge is 0.497 e. The summed E-state index contributed by atoms with van der Waals surface area (Å²) in [4.78, 5) is 16.0. The quantitative estimate of drug-likeness (QED) is 0.594. The molecule has 2 heterocycles. The Morgan fingerprint density at radius 2 is 1.74 bits per heavy atom. The molecule has 134 valence electrons. The number of carboxylic acids is 1. The number of nitrogens with zero attached hydrogens (tertiary/aromatic N) is 3. The minimum Gasteiger partial charge on any atom is -0.497 e. The first-order valence-electron chi connectivity index (χ1n) is 8.42. The summed E-state index contributed by atoms with van der Waals surface area (Å²) in [5.41, 5.74) is 4.54. The van der Waals surface area contributed by atoms with E-state index in [1.165, 1.54) is 0 Å². The molecule has 0 saturated carbocycles. The molecule has 0 aliphatic heterocycles. The molecule has 1 N–H and O–H groups in total. The number of ether oxygens (including phenoxy) is 1. The Morgan fingerprint density at radius 1 is 1.04 bits per heavy atom. The first-order chi connectivity index (χ1) is 13.1. The van der Waals surface area contributed by atoms with E-state index in [0.717, 1.165) is 28.1 Å². The van der Waals surface area contributed by atoms with E-state index < -0.39 is 5.97 Å². The van der Waals surface area contributed by atoms with Gasteiger partial charge in [0.25, 0.3) is 0 Å². The molecule has 0 atom stereocenters. The third-order valence-corrected chi connectivity index (χ3v) is 4.43. The van der Waals surface area contributed by atoms with Crippen molar-refractivity contribution in [1.29, 1.82) is 0 Å². The summed E-state index contributed by atoms with van der Waals surface area (Å²) in [5.74, 6) is -0.353. The van der Waals surface area contributed by atoms with Crippen LogP contribution < -0.4 is 4.74 Å². The highest BCUT2D eigenvalue weighted by molar-refractivity contribution is 5.90. The molecule has 0 amide bonds. The van der Waals surface area contributed by atoms with E-state index in [0.29, 0.717) is 11.3 Å². The fourth-order valence-corrected chi connectivity index (χ4v) is 3.14. The number of aryl methyl sites for hydroxylation is 1. The van der Waals surface area contributed by atoms with E-state index in [-0.39, 0.29) is 5.69 Å². The zero-order valence-corrected chi connectivity index (χ0v) is 14.9. The van der Waals surface area contributed by atoms with Gasteiger partial charge in [0, 0.05) is 11.1 Å². The number of carbonyl (C=O) groups is 1. The fraction of sp³-hybridized carbons (Fsp3) is 0.0952. The molecule has 27 heavy (non-hydrogen) atoms. The third-order valence-electron chi connectivity index (χ3n) is 4.43. The second kappa shape index (κ2) is 6.57. The Bertz CT molecular complexity index is 1130. The van der Waals surface area contributed by atoms with Crippen molar-refractivity contribution in [2.75, 3.05) is 7.11 Å². The number of aromatic nitrogens is 3. The minimum absolute atomic E-state index is 0.0228. The molecular formula is C21H17N3O3. The first kappa shape index (κ1) is 16.8. The summed E-state index contributed by atoms with van der Waals surface area (Å²) in [6.45, 7) is 1.90. The summed E-state index contributed by atoms with van der Waals surface area (Å²) < 4.78 is 6.91. The zero-order chi connectivity index (χ0) is 19.0. The normalized spacial score (nSPS) is 10.9. The summed E-state index contributed by atoms with van der Waals surface area (Å²) in [7, 11) is 1.60. The molecule has 2 aromatic heterocycles. The molecule has 0 fully saturated rings. The van der Waals surface area contributed by atoms with Crippen LogP contribution in [0.5, 0.6) is 5.75 Å². The van der Waals surface area contributed by atoms with Gasteiger partial charge in [-0.1, -0.05) is 30.3 Å². The van der Waals surface area contributed by atoms with Crippen LogP contribution in [-0.2, 0) is 0 Å². The fourth-order valence-electron chi connectivity index (χ4n) is 3.14. The number of fused-ring (bicyclic) bond motifs is 1. The van der Waals surface area contributed by atoms with Crippen molar-refractivity contribution in [3.05, 3.63) is 72.1 Å². The van der Waals surface area contributed by atoms with Crippen LogP contribution in [0.3, 0.4) is 0 Å². The molecule has 0 spiro atoms. The molecule has 0 radical (unpaired) electrons. The molecule has 4 aromatic rings. The molecule has 0 aliphatic rings. The van der Waals surface area contributed by atoms with Crippen LogP contribution in [0.15, 0.2) is 60.7 Å². The first-order valence-corrected chi connectivity index (χ1v) is 8.42. The zero-order valence-electron chi connectivity index (χ0n) is 14.9. The number of hydrogen-bond acceptors (Lipinski definition) is 4. The smallest absolute Gasteiger partial charge is 0.354 e. The molecule has 0 aliphatic carbocycles. The van der Waals surface area contributed by atoms with Crippen LogP contribution in [0.25, 0.3) is 28.0 Å². The standard InChI is InChI=1S/C21H17N3O3/c1-13-19(15-6-4-3-5-7-15)20-22-17(21(25)26)12-18(24(20)23-13)14-8-10-16(27-2)11-9-14/h3-12H,1-2H3,(H,25,26). The van der Waals surface area contributed by atoms with E-state index in [1.807, 2.05) is 61.5 Å². The number of aromatic carboxylic acids is 1. The summed E-state index contributed by atoms with van der Waals surface area (Å²) in [5, 5.41) is 14.2. The molecule has 6 nitrogen and oxygen atoms in total. The number of methoxy groups -OCH3 is 1. The molecular weight excluding hydrogens is 342 g/mol. The lowest BCUT2D eigenvalue weighted by molar-refractivity contribution is 0.0690. The van der Waals surface area contributed by atoms with Crippen molar-refractivity contribution in [2.45, 2.75) is 6.92 Å². The van der Waals surface area contributed by atoms with Crippen molar-refractivity contribution in [3.63, 3.8) is 0 Å². The summed E-state index contributed by atoms with van der Waals surface area (Å²) >= 11 is 0. The van der Waals surface area contributed by atoms with Gasteiger partial charge in [-0.3, -0.25) is 0 Å². The van der Waals surface area contributed by atoms with Crippen LogP contribution in [0, 0.1) is 6.92 Å². The topological polar surface area (TPSA) is 76.7 Å². The lowest BCUT2D eigenvalue weighted by Crippen LogP contribution is -2.05. The maximum Gasteiger partial charge on any atom is 0.354 e. The second-order valence-electron chi connectivity index (χ2n) is 6.12. The van der Waals surface area contributed by atoms with Gasteiger partial charge in [0.15, 0.2) is 11.3 Å². The summed E-state index contributed by atoms with van der Waals surface area (Å²) in [6.07, 6.45) is 0. The van der Waals surface area contributed by atoms with Crippen LogP contribution >= 0.6 is 0 Å². The number of rotatable bonds is 4. The summed E-state index contributed by atoms with van der Waals surface area (Å²) in [6, 6.07) is 18.7. The van der Waals surface area contributed by atoms with Crippen LogP contribution in [0.2, 0.25) is 0 Å². The molecule has 0 saturated heterocycles. The average Bonchev–Trinajstić information content (AvgIpc) is 3.03. The highest BCUT2D eigenvalue weighted by Gasteiger charge is 2.19. The van der Waals surface area contributed by atoms with E-state index in [9.17, 15) is 9.90 Å². The maximum atomic E-state index is 11.7. The van der Waals surface area contributed by atoms with Crippen LogP contribution in [-0.4, -0.2) is 32.8 Å². The Labute approximate surface area is 155 Å². The average molecular weight is 359 g/mol. The number of hydrogen-bond donors (Lipinski definition) is 1. The minimum atomic E-state index is -1.08. The highest BCUT2D eigenvalue weighted by atomic mass is 16.5. The van der Waals surface area contributed by atoms with Gasteiger partial charge in [0.05, 0.1) is 18.5 Å². The van der Waals surface area contributed by atoms with Gasteiger partial charge in [-0.15, -0.1) is 0 Å². The van der Waals surface area contributed by atoms with E-state index >= 15 is 0 Å². The third kappa shape index (κ3) is 2.91. The predicted molar refractivity (Wildman–Crippen MR) is 102 cm³/mol. The van der Waals surface area contributed by atoms with E-state index in [4.69, 9.17) is 4.74 Å². The van der Waals surface area contributed by atoms with Gasteiger partial charge in [-0.2, -0.15) is 5.10 Å². The number of benzene rings is 2. The molecule has 4 rings (SSSR count). The molecule has 2 aromatic carbocycles. The molecule has 0 unspecified atom stereocenters. The van der Waals surface area contributed by atoms with Crippen LogP contribution in [0.1, 0.15) is 16.2 Å². The van der Waals surface area contributed by atoms with Gasteiger partial charge >= 0.3 is 5.97 Å². The SMILES string of the molecule is COc1ccc(-c2cc(C(=O)O)nc3c(-c4ccccc4)c(C)nn23)cc1. The Kier molecular flexibility index (Phi) is 4.08. The number of carboxylic acid groups (broad SMARTS) is 1. The highest BCUT2D eigenvalue weighted by Crippen LogP contribution is 2.31. The van der Waals surface area contributed by atoms with E-state index in [1.54, 1.807) is 17.7 Å². The van der Waals surface area contributed by atoms with Crippen molar-refractivity contribution >= 4 is 11.6 Å². The van der Waals surface area contributed by atoms with Gasteiger partial charge in [-0.05, 0) is 42.8 Å². The molecule has 0 bridgehead atoms. The van der Waals surface area contributed by atoms with Crippen molar-refractivity contribution in [1.82, 2.24) is 14.6 Å². The Hall–Kier alpha value is -3.67. The maximum absolute atomic E-state index is 11.7. The van der Waals surface area contributed by atoms with Crippen molar-refractivity contribution < 1.29 is 14.6 Å². The van der Waals surface area contributed by atoms with Gasteiger partial charge in [0.2, 0.25) is 0 Å². The van der Waals surface area contributed by atoms with Gasteiger partial charge in [0.1, 0.15) is 5.75 Å². The lowest BCUT2D eigenvalue weighted by Gasteiger charge is -2.08. The predicted octanol–water partition coefficient (Wildman–Crippen LogP) is 4.08. The monoisotopic (exact) mass is 359 g/mol. The van der Waals surface area contributed by atoms with E-state index in [2.05, 4.69) is 10.1 Å².